The quantitative estimate of drug-likeness (QED) is 0.500. The molecular weight excluding hydrogens is 354 g/mol. The van der Waals surface area contributed by atoms with E-state index in [1.165, 1.54) is 30.0 Å². The molecule has 2 aromatic rings. The van der Waals surface area contributed by atoms with E-state index in [0.29, 0.717) is 11.4 Å². The largest absolute Gasteiger partial charge is 0.452 e. The molecule has 1 aliphatic rings. The molecule has 0 fully saturated rings. The maximum atomic E-state index is 12.5. The first-order chi connectivity index (χ1) is 12.9. The molecule has 1 N–H and O–H groups in total. The van der Waals surface area contributed by atoms with Crippen LogP contribution in [0.1, 0.15) is 15.9 Å². The van der Waals surface area contributed by atoms with Crippen LogP contribution < -0.4 is 10.2 Å². The Morgan fingerprint density at radius 1 is 1.22 bits per heavy atom. The third-order valence-electron chi connectivity index (χ3n) is 4.12. The van der Waals surface area contributed by atoms with Crippen molar-refractivity contribution in [2.45, 2.75) is 6.92 Å². The number of para-hydroxylation sites is 2. The molecule has 0 radical (unpaired) electrons. The van der Waals surface area contributed by atoms with Crippen molar-refractivity contribution in [3.63, 3.8) is 0 Å². The molecule has 0 aromatic heterocycles. The molecule has 2 amide bonds. The Morgan fingerprint density at radius 3 is 2.70 bits per heavy atom. The normalized spacial score (nSPS) is 12.8. The van der Waals surface area contributed by atoms with Crippen molar-refractivity contribution >= 4 is 34.8 Å². The Hall–Kier alpha value is -3.75. The molecule has 0 spiro atoms. The summed E-state index contributed by atoms with van der Waals surface area (Å²) in [6, 6.07) is 10.8. The van der Waals surface area contributed by atoms with Crippen molar-refractivity contribution < 1.29 is 24.0 Å². The number of benzene rings is 2. The lowest BCUT2D eigenvalue weighted by molar-refractivity contribution is -0.385. The molecule has 2 aromatic carbocycles. The van der Waals surface area contributed by atoms with E-state index in [2.05, 4.69) is 5.32 Å². The summed E-state index contributed by atoms with van der Waals surface area (Å²) in [7, 11) is 0. The molecule has 9 heteroatoms. The predicted octanol–water partition coefficient (Wildman–Crippen LogP) is 2.05. The van der Waals surface area contributed by atoms with E-state index in [1.807, 2.05) is 0 Å². The number of amides is 2. The summed E-state index contributed by atoms with van der Waals surface area (Å²) in [4.78, 5) is 48.1. The standard InChI is InChI=1S/C18H15N3O6/c1-11-12(5-4-8-14(11)21(25)26)18(24)27-10-17(23)20-9-16(22)19-13-6-2-3-7-15(13)20/h2-8H,9-10H2,1H3,(H,19,22). The minimum atomic E-state index is -0.848. The van der Waals surface area contributed by atoms with Crippen molar-refractivity contribution in [1.29, 1.82) is 0 Å². The van der Waals surface area contributed by atoms with Crippen LogP contribution in [0.25, 0.3) is 0 Å². The van der Waals surface area contributed by atoms with Crippen LogP contribution in [0.4, 0.5) is 17.1 Å². The molecule has 1 aliphatic heterocycles. The maximum absolute atomic E-state index is 12.5. The number of nitro groups is 1. The molecule has 27 heavy (non-hydrogen) atoms. The van der Waals surface area contributed by atoms with Crippen LogP contribution in [-0.2, 0) is 14.3 Å². The zero-order valence-corrected chi connectivity index (χ0v) is 14.3. The highest BCUT2D eigenvalue weighted by atomic mass is 16.6. The Balaban J connectivity index is 1.73. The number of carbonyl (C=O) groups is 3. The van der Waals surface area contributed by atoms with Gasteiger partial charge >= 0.3 is 5.97 Å². The highest BCUT2D eigenvalue weighted by Crippen LogP contribution is 2.29. The van der Waals surface area contributed by atoms with Gasteiger partial charge in [0.2, 0.25) is 5.91 Å². The van der Waals surface area contributed by atoms with Crippen molar-refractivity contribution in [2.75, 3.05) is 23.4 Å². The lowest BCUT2D eigenvalue weighted by atomic mass is 10.1. The summed E-state index contributed by atoms with van der Waals surface area (Å²) >= 11 is 0. The number of nitrogens with one attached hydrogen (secondary N) is 1. The van der Waals surface area contributed by atoms with E-state index in [1.54, 1.807) is 24.3 Å². The first kappa shape index (κ1) is 18.1. The molecular formula is C18H15N3O6. The Bertz CT molecular complexity index is 956. The van der Waals surface area contributed by atoms with Crippen LogP contribution in [0.3, 0.4) is 0 Å². The summed E-state index contributed by atoms with van der Waals surface area (Å²) in [6.07, 6.45) is 0. The summed E-state index contributed by atoms with van der Waals surface area (Å²) in [5.74, 6) is -1.78. The van der Waals surface area contributed by atoms with Crippen LogP contribution in [0.2, 0.25) is 0 Å². The average molecular weight is 369 g/mol. The average Bonchev–Trinajstić information content (AvgIpc) is 2.65. The van der Waals surface area contributed by atoms with Gasteiger partial charge in [0.15, 0.2) is 6.61 Å². The van der Waals surface area contributed by atoms with Gasteiger partial charge in [-0.3, -0.25) is 24.6 Å². The van der Waals surface area contributed by atoms with Crippen LogP contribution in [0.5, 0.6) is 0 Å². The first-order valence-electron chi connectivity index (χ1n) is 7.99. The van der Waals surface area contributed by atoms with Crippen molar-refractivity contribution in [1.82, 2.24) is 0 Å². The fraction of sp³-hybridized carbons (Fsp3) is 0.167. The number of hydrogen-bond acceptors (Lipinski definition) is 6. The number of esters is 1. The Labute approximate surface area is 153 Å². The lowest BCUT2D eigenvalue weighted by Gasteiger charge is -2.28. The first-order valence-corrected chi connectivity index (χ1v) is 7.99. The van der Waals surface area contributed by atoms with Crippen LogP contribution in [0, 0.1) is 17.0 Å². The second-order valence-corrected chi connectivity index (χ2v) is 5.83. The van der Waals surface area contributed by atoms with E-state index < -0.39 is 23.4 Å². The molecule has 0 aliphatic carbocycles. The number of fused-ring (bicyclic) bond motifs is 1. The number of hydrogen-bond donors (Lipinski definition) is 1. The minimum Gasteiger partial charge on any atom is -0.452 e. The van der Waals surface area contributed by atoms with Gasteiger partial charge < -0.3 is 10.1 Å². The van der Waals surface area contributed by atoms with Gasteiger partial charge in [-0.15, -0.1) is 0 Å². The van der Waals surface area contributed by atoms with E-state index in [9.17, 15) is 24.5 Å². The van der Waals surface area contributed by atoms with Gasteiger partial charge in [0, 0.05) is 11.6 Å². The fourth-order valence-electron chi connectivity index (χ4n) is 2.78. The Kier molecular flexibility index (Phi) is 4.84. The monoisotopic (exact) mass is 369 g/mol. The lowest BCUT2D eigenvalue weighted by Crippen LogP contribution is -2.44. The third-order valence-corrected chi connectivity index (χ3v) is 4.12. The summed E-state index contributed by atoms with van der Waals surface area (Å²) in [5.41, 5.74) is 0.946. The van der Waals surface area contributed by atoms with Crippen LogP contribution in [-0.4, -0.2) is 35.9 Å². The van der Waals surface area contributed by atoms with Crippen molar-refractivity contribution in [3.8, 4) is 0 Å². The number of carbonyl (C=O) groups excluding carboxylic acids is 3. The molecule has 3 rings (SSSR count). The van der Waals surface area contributed by atoms with Gasteiger partial charge in [0.05, 0.1) is 21.9 Å². The van der Waals surface area contributed by atoms with E-state index in [0.717, 1.165) is 0 Å². The number of nitro benzene ring substituents is 1. The molecule has 0 saturated carbocycles. The molecule has 1 heterocycles. The minimum absolute atomic E-state index is 0.00814. The zero-order valence-electron chi connectivity index (χ0n) is 14.3. The van der Waals surface area contributed by atoms with Crippen molar-refractivity contribution in [3.05, 3.63) is 63.7 Å². The second-order valence-electron chi connectivity index (χ2n) is 5.83. The smallest absolute Gasteiger partial charge is 0.339 e. The number of nitrogens with zero attached hydrogens (tertiary/aromatic N) is 2. The van der Waals surface area contributed by atoms with Crippen molar-refractivity contribution in [2.24, 2.45) is 0 Å². The molecule has 0 saturated heterocycles. The fourth-order valence-corrected chi connectivity index (χ4v) is 2.78. The molecule has 138 valence electrons. The second kappa shape index (κ2) is 7.24. The number of ether oxygens (including phenoxy) is 1. The van der Waals surface area contributed by atoms with E-state index >= 15 is 0 Å². The summed E-state index contributed by atoms with van der Waals surface area (Å²) in [6.45, 7) is 0.646. The van der Waals surface area contributed by atoms with Gasteiger partial charge in [-0.25, -0.2) is 4.79 Å². The Morgan fingerprint density at radius 2 is 1.96 bits per heavy atom. The maximum Gasteiger partial charge on any atom is 0.339 e. The topological polar surface area (TPSA) is 119 Å². The van der Waals surface area contributed by atoms with Gasteiger partial charge in [0.1, 0.15) is 6.54 Å². The molecule has 0 unspecified atom stereocenters. The van der Waals surface area contributed by atoms with Gasteiger partial charge in [-0.05, 0) is 25.1 Å². The highest BCUT2D eigenvalue weighted by Gasteiger charge is 2.28. The van der Waals surface area contributed by atoms with E-state index in [4.69, 9.17) is 4.74 Å². The highest BCUT2D eigenvalue weighted by molar-refractivity contribution is 6.10. The van der Waals surface area contributed by atoms with E-state index in [-0.39, 0.29) is 29.3 Å². The van der Waals surface area contributed by atoms with Crippen LogP contribution in [0.15, 0.2) is 42.5 Å². The molecule has 0 atom stereocenters. The van der Waals surface area contributed by atoms with Crippen LogP contribution >= 0.6 is 0 Å². The SMILES string of the molecule is Cc1c(C(=O)OCC(=O)N2CC(=O)Nc3ccccc32)cccc1[N+](=O)[O-]. The predicted molar refractivity (Wildman–Crippen MR) is 95.5 cm³/mol. The summed E-state index contributed by atoms with van der Waals surface area (Å²) < 4.78 is 5.02. The zero-order chi connectivity index (χ0) is 19.6. The molecule has 0 bridgehead atoms. The van der Waals surface area contributed by atoms with Gasteiger partial charge in [-0.2, -0.15) is 0 Å². The van der Waals surface area contributed by atoms with Gasteiger partial charge in [-0.1, -0.05) is 18.2 Å². The van der Waals surface area contributed by atoms with Gasteiger partial charge in [0.25, 0.3) is 11.6 Å². The number of rotatable bonds is 4. The number of anilines is 2. The third kappa shape index (κ3) is 3.61. The summed E-state index contributed by atoms with van der Waals surface area (Å²) in [5, 5.41) is 13.6. The molecule has 9 nitrogen and oxygen atoms in total.